The Kier molecular flexibility index (Phi) is 4.04. The highest BCUT2D eigenvalue weighted by atomic mass is 35.5. The topological polar surface area (TPSA) is 55.4 Å². The summed E-state index contributed by atoms with van der Waals surface area (Å²) in [6, 6.07) is 3.63. The SMILES string of the molecule is C[C@H](OC(=O)C1CC1)C(=O)Nc1ccc(F)cc1Cl. The van der Waals surface area contributed by atoms with E-state index in [1.165, 1.54) is 19.1 Å². The van der Waals surface area contributed by atoms with Crippen LogP contribution in [0.15, 0.2) is 18.2 Å². The van der Waals surface area contributed by atoms with E-state index in [1.54, 1.807) is 0 Å². The molecular formula is C13H13ClFNO3. The van der Waals surface area contributed by atoms with Gasteiger partial charge < -0.3 is 10.1 Å². The minimum Gasteiger partial charge on any atom is -0.452 e. The average Bonchev–Trinajstić information content (AvgIpc) is 3.16. The van der Waals surface area contributed by atoms with Crippen molar-refractivity contribution in [2.24, 2.45) is 5.92 Å². The van der Waals surface area contributed by atoms with E-state index in [0.29, 0.717) is 0 Å². The molecule has 0 spiro atoms. The maximum atomic E-state index is 12.8. The Morgan fingerprint density at radius 3 is 2.74 bits per heavy atom. The second-order valence-electron chi connectivity index (χ2n) is 4.47. The number of halogens is 2. The molecule has 1 aliphatic carbocycles. The number of anilines is 1. The number of carbonyl (C=O) groups is 2. The van der Waals surface area contributed by atoms with Crippen molar-refractivity contribution in [3.8, 4) is 0 Å². The standard InChI is InChI=1S/C13H13ClFNO3/c1-7(19-13(18)8-2-3-8)12(17)16-11-5-4-9(15)6-10(11)14/h4-8H,2-3H2,1H3,(H,16,17)/t7-/m0/s1. The minimum absolute atomic E-state index is 0.0651. The van der Waals surface area contributed by atoms with Crippen LogP contribution in [0, 0.1) is 11.7 Å². The Hall–Kier alpha value is -1.62. The zero-order valence-electron chi connectivity index (χ0n) is 10.3. The first-order valence-electron chi connectivity index (χ1n) is 5.94. The summed E-state index contributed by atoms with van der Waals surface area (Å²) >= 11 is 5.78. The van der Waals surface area contributed by atoms with E-state index in [2.05, 4.69) is 5.32 Å². The number of amides is 1. The molecule has 6 heteroatoms. The molecule has 0 heterocycles. The van der Waals surface area contributed by atoms with Crippen LogP contribution in [0.1, 0.15) is 19.8 Å². The van der Waals surface area contributed by atoms with Gasteiger partial charge in [-0.15, -0.1) is 0 Å². The van der Waals surface area contributed by atoms with E-state index in [1.807, 2.05) is 0 Å². The third-order valence-corrected chi connectivity index (χ3v) is 3.07. The van der Waals surface area contributed by atoms with Crippen molar-refractivity contribution >= 4 is 29.2 Å². The fourth-order valence-electron chi connectivity index (χ4n) is 1.47. The lowest BCUT2D eigenvalue weighted by molar-refractivity contribution is -0.154. The molecule has 0 aromatic heterocycles. The number of rotatable bonds is 4. The largest absolute Gasteiger partial charge is 0.452 e. The Bertz CT molecular complexity index is 517. The van der Waals surface area contributed by atoms with E-state index in [0.717, 1.165) is 18.9 Å². The van der Waals surface area contributed by atoms with Crippen LogP contribution < -0.4 is 5.32 Å². The number of ether oxygens (including phenoxy) is 1. The van der Waals surface area contributed by atoms with E-state index < -0.39 is 17.8 Å². The van der Waals surface area contributed by atoms with Crippen LogP contribution in [0.3, 0.4) is 0 Å². The highest BCUT2D eigenvalue weighted by Gasteiger charge is 2.33. The van der Waals surface area contributed by atoms with Gasteiger partial charge in [0, 0.05) is 0 Å². The maximum absolute atomic E-state index is 12.8. The highest BCUT2D eigenvalue weighted by molar-refractivity contribution is 6.33. The van der Waals surface area contributed by atoms with Gasteiger partial charge in [0.05, 0.1) is 16.6 Å². The molecule has 1 aliphatic rings. The van der Waals surface area contributed by atoms with Crippen LogP contribution in [0.5, 0.6) is 0 Å². The Morgan fingerprint density at radius 1 is 1.47 bits per heavy atom. The predicted octanol–water partition coefficient (Wildman–Crippen LogP) is 2.76. The van der Waals surface area contributed by atoms with Crippen molar-refractivity contribution in [3.63, 3.8) is 0 Å². The zero-order valence-corrected chi connectivity index (χ0v) is 11.0. The molecule has 1 atom stereocenters. The normalized spacial score (nSPS) is 15.7. The number of carbonyl (C=O) groups excluding carboxylic acids is 2. The summed E-state index contributed by atoms with van der Waals surface area (Å²) in [5.74, 6) is -1.41. The van der Waals surface area contributed by atoms with Gasteiger partial charge in [0.2, 0.25) is 0 Å². The summed E-state index contributed by atoms with van der Waals surface area (Å²) in [6.45, 7) is 1.48. The third kappa shape index (κ3) is 3.67. The summed E-state index contributed by atoms with van der Waals surface area (Å²) in [7, 11) is 0. The van der Waals surface area contributed by atoms with E-state index in [4.69, 9.17) is 16.3 Å². The molecule has 0 saturated heterocycles. The lowest BCUT2D eigenvalue weighted by atomic mass is 10.3. The molecule has 0 unspecified atom stereocenters. The molecule has 1 amide bonds. The molecule has 2 rings (SSSR count). The van der Waals surface area contributed by atoms with Crippen molar-refractivity contribution in [3.05, 3.63) is 29.0 Å². The first-order valence-corrected chi connectivity index (χ1v) is 6.31. The fraction of sp³-hybridized carbons (Fsp3) is 0.385. The van der Waals surface area contributed by atoms with Crippen LogP contribution >= 0.6 is 11.6 Å². The van der Waals surface area contributed by atoms with Crippen LogP contribution in [0.25, 0.3) is 0 Å². The number of benzene rings is 1. The van der Waals surface area contributed by atoms with Gasteiger partial charge in [-0.3, -0.25) is 9.59 Å². The predicted molar refractivity (Wildman–Crippen MR) is 68.3 cm³/mol. The third-order valence-electron chi connectivity index (χ3n) is 2.76. The Balaban J connectivity index is 1.93. The Morgan fingerprint density at radius 2 is 2.16 bits per heavy atom. The molecular weight excluding hydrogens is 273 g/mol. The van der Waals surface area contributed by atoms with Crippen molar-refractivity contribution in [2.45, 2.75) is 25.9 Å². The molecule has 1 aromatic carbocycles. The molecule has 1 aromatic rings. The number of esters is 1. The Labute approximate surface area is 114 Å². The van der Waals surface area contributed by atoms with Gasteiger partial charge in [0.25, 0.3) is 5.91 Å². The lowest BCUT2D eigenvalue weighted by Gasteiger charge is -2.14. The highest BCUT2D eigenvalue weighted by Crippen LogP contribution is 2.30. The number of nitrogens with one attached hydrogen (secondary N) is 1. The molecule has 0 bridgehead atoms. The van der Waals surface area contributed by atoms with E-state index in [9.17, 15) is 14.0 Å². The smallest absolute Gasteiger partial charge is 0.309 e. The van der Waals surface area contributed by atoms with Gasteiger partial charge >= 0.3 is 5.97 Å². The second-order valence-corrected chi connectivity index (χ2v) is 4.87. The molecule has 0 aliphatic heterocycles. The number of hydrogen-bond acceptors (Lipinski definition) is 3. The van der Waals surface area contributed by atoms with Crippen LogP contribution in [0.2, 0.25) is 5.02 Å². The number of hydrogen-bond donors (Lipinski definition) is 1. The van der Waals surface area contributed by atoms with E-state index >= 15 is 0 Å². The van der Waals surface area contributed by atoms with Gasteiger partial charge in [0.1, 0.15) is 5.82 Å². The quantitative estimate of drug-likeness (QED) is 0.866. The summed E-state index contributed by atoms with van der Waals surface area (Å²) in [6.07, 6.45) is 0.725. The molecule has 4 nitrogen and oxygen atoms in total. The summed E-state index contributed by atoms with van der Waals surface area (Å²) in [5.41, 5.74) is 0.280. The summed E-state index contributed by atoms with van der Waals surface area (Å²) < 4.78 is 17.8. The van der Waals surface area contributed by atoms with Crippen LogP contribution in [-0.4, -0.2) is 18.0 Å². The monoisotopic (exact) mass is 285 g/mol. The van der Waals surface area contributed by atoms with Crippen molar-refractivity contribution in [1.29, 1.82) is 0 Å². The maximum Gasteiger partial charge on any atom is 0.309 e. The molecule has 1 N–H and O–H groups in total. The summed E-state index contributed by atoms with van der Waals surface area (Å²) in [5, 5.41) is 2.58. The van der Waals surface area contributed by atoms with Gasteiger partial charge in [-0.1, -0.05) is 11.6 Å². The van der Waals surface area contributed by atoms with Crippen LogP contribution in [-0.2, 0) is 14.3 Å². The minimum atomic E-state index is -0.908. The van der Waals surface area contributed by atoms with Crippen molar-refractivity contribution in [1.82, 2.24) is 0 Å². The molecule has 19 heavy (non-hydrogen) atoms. The van der Waals surface area contributed by atoms with Gasteiger partial charge in [-0.2, -0.15) is 0 Å². The lowest BCUT2D eigenvalue weighted by Crippen LogP contribution is -2.30. The summed E-state index contributed by atoms with van der Waals surface area (Å²) in [4.78, 5) is 23.2. The molecule has 1 fully saturated rings. The van der Waals surface area contributed by atoms with Crippen molar-refractivity contribution in [2.75, 3.05) is 5.32 Å². The molecule has 102 valence electrons. The van der Waals surface area contributed by atoms with Gasteiger partial charge in [0.15, 0.2) is 6.10 Å². The van der Waals surface area contributed by atoms with Crippen LogP contribution in [0.4, 0.5) is 10.1 Å². The second kappa shape index (κ2) is 5.57. The zero-order chi connectivity index (χ0) is 14.0. The van der Waals surface area contributed by atoms with Gasteiger partial charge in [-0.25, -0.2) is 4.39 Å². The van der Waals surface area contributed by atoms with Crippen molar-refractivity contribution < 1.29 is 18.7 Å². The molecule has 1 saturated carbocycles. The molecule has 0 radical (unpaired) electrons. The van der Waals surface area contributed by atoms with Gasteiger partial charge in [-0.05, 0) is 38.0 Å². The van der Waals surface area contributed by atoms with E-state index in [-0.39, 0.29) is 22.6 Å². The average molecular weight is 286 g/mol. The first-order chi connectivity index (χ1) is 8.97. The fourth-order valence-corrected chi connectivity index (χ4v) is 1.68. The first kappa shape index (κ1) is 13.8.